The first-order valence-electron chi connectivity index (χ1n) is 10.3. The smallest absolute Gasteiger partial charge is 0.243 e. The minimum Gasteiger partial charge on any atom is -0.370 e. The van der Waals surface area contributed by atoms with Crippen molar-refractivity contribution in [3.05, 3.63) is 80.9 Å². The molecule has 0 saturated heterocycles. The maximum Gasteiger partial charge on any atom is 0.243 e. The molecule has 0 radical (unpaired) electrons. The van der Waals surface area contributed by atoms with E-state index in [2.05, 4.69) is 5.10 Å². The van der Waals surface area contributed by atoms with Gasteiger partial charge in [-0.1, -0.05) is 23.7 Å². The van der Waals surface area contributed by atoms with E-state index in [9.17, 15) is 12.8 Å². The van der Waals surface area contributed by atoms with Crippen LogP contribution in [-0.4, -0.2) is 29.0 Å². The van der Waals surface area contributed by atoms with E-state index in [0.29, 0.717) is 34.1 Å². The number of nitrogens with zero attached hydrogens (tertiary/aromatic N) is 3. The van der Waals surface area contributed by atoms with Crippen molar-refractivity contribution >= 4 is 21.6 Å². The number of benzene rings is 2. The highest BCUT2D eigenvalue weighted by molar-refractivity contribution is 7.89. The van der Waals surface area contributed by atoms with Crippen molar-refractivity contribution in [1.82, 2.24) is 14.1 Å². The number of aryl methyl sites for hydroxylation is 3. The van der Waals surface area contributed by atoms with Gasteiger partial charge in [0.2, 0.25) is 10.0 Å². The van der Waals surface area contributed by atoms with Crippen molar-refractivity contribution in [1.29, 1.82) is 0 Å². The number of rotatable bonds is 6. The molecular formula is C23H25ClFN3O3S. The third kappa shape index (κ3) is 4.59. The van der Waals surface area contributed by atoms with Gasteiger partial charge < -0.3 is 4.74 Å². The molecule has 0 bridgehead atoms. The number of sulfonamides is 1. The number of hydrogen-bond donors (Lipinski definition) is 0. The summed E-state index contributed by atoms with van der Waals surface area (Å²) in [5.74, 6) is -0.400. The lowest BCUT2D eigenvalue weighted by molar-refractivity contribution is 0.103. The second kappa shape index (κ2) is 8.94. The Kier molecular flexibility index (Phi) is 6.40. The molecule has 170 valence electrons. The molecule has 32 heavy (non-hydrogen) atoms. The number of fused-ring (bicyclic) bond motifs is 1. The Morgan fingerprint density at radius 1 is 1.12 bits per heavy atom. The zero-order chi connectivity index (χ0) is 23.0. The van der Waals surface area contributed by atoms with Gasteiger partial charge in [0.15, 0.2) is 0 Å². The zero-order valence-corrected chi connectivity index (χ0v) is 19.8. The molecule has 3 aromatic rings. The van der Waals surface area contributed by atoms with Gasteiger partial charge in [0.25, 0.3) is 0 Å². The average Bonchev–Trinajstić information content (AvgIpc) is 3.04. The summed E-state index contributed by atoms with van der Waals surface area (Å²) in [6.45, 7) is 4.83. The van der Waals surface area contributed by atoms with Gasteiger partial charge in [-0.05, 0) is 54.8 Å². The monoisotopic (exact) mass is 477 g/mol. The average molecular weight is 478 g/mol. The molecule has 0 fully saturated rings. The van der Waals surface area contributed by atoms with Gasteiger partial charge in [0, 0.05) is 42.8 Å². The lowest BCUT2D eigenvalue weighted by Crippen LogP contribution is -2.36. The molecule has 0 unspecified atom stereocenters. The van der Waals surface area contributed by atoms with E-state index < -0.39 is 15.8 Å². The summed E-state index contributed by atoms with van der Waals surface area (Å²) in [6, 6.07) is 9.54. The summed E-state index contributed by atoms with van der Waals surface area (Å²) in [5.41, 5.74) is 5.08. The number of hydrogen-bond acceptors (Lipinski definition) is 4. The van der Waals surface area contributed by atoms with Crippen LogP contribution in [0.15, 0.2) is 41.3 Å². The molecule has 1 aromatic heterocycles. The fraction of sp³-hybridized carbons (Fsp3) is 0.348. The minimum atomic E-state index is -3.63. The van der Waals surface area contributed by atoms with E-state index in [-0.39, 0.29) is 19.8 Å². The topological polar surface area (TPSA) is 64.4 Å². The van der Waals surface area contributed by atoms with Crippen LogP contribution in [0, 0.1) is 19.7 Å². The predicted octanol–water partition coefficient (Wildman–Crippen LogP) is 4.29. The van der Waals surface area contributed by atoms with E-state index >= 15 is 0 Å². The molecule has 2 heterocycles. The van der Waals surface area contributed by atoms with Gasteiger partial charge in [-0.25, -0.2) is 12.8 Å². The van der Waals surface area contributed by atoms with E-state index in [1.165, 1.54) is 16.4 Å². The fourth-order valence-electron chi connectivity index (χ4n) is 4.09. The van der Waals surface area contributed by atoms with E-state index in [1.54, 1.807) is 22.9 Å². The summed E-state index contributed by atoms with van der Waals surface area (Å²) in [5, 5.41) is 4.86. The first-order valence-corrected chi connectivity index (χ1v) is 12.1. The highest BCUT2D eigenvalue weighted by Gasteiger charge is 2.32. The first-order chi connectivity index (χ1) is 15.1. The molecule has 1 aliphatic rings. The Morgan fingerprint density at radius 3 is 2.53 bits per heavy atom. The largest absolute Gasteiger partial charge is 0.370 e. The highest BCUT2D eigenvalue weighted by Crippen LogP contribution is 2.28. The molecule has 1 aliphatic heterocycles. The van der Waals surface area contributed by atoms with Crippen LogP contribution < -0.4 is 0 Å². The molecule has 9 heteroatoms. The van der Waals surface area contributed by atoms with Crippen molar-refractivity contribution in [3.63, 3.8) is 0 Å². The van der Waals surface area contributed by atoms with Crippen molar-refractivity contribution in [2.24, 2.45) is 7.05 Å². The standard InChI is InChI=1S/C23H25ClFN3O3S/c1-15-8-16(2)10-19(9-15)32(29,30)28-7-6-23-20(12-28)22(26-27(23)3)14-31-13-17-4-5-18(25)11-21(17)24/h4-5,8-11H,6-7,12-14H2,1-3H3. The molecule has 0 aliphatic carbocycles. The zero-order valence-electron chi connectivity index (χ0n) is 18.2. The van der Waals surface area contributed by atoms with Crippen molar-refractivity contribution in [2.75, 3.05) is 6.54 Å². The van der Waals surface area contributed by atoms with Gasteiger partial charge in [0.05, 0.1) is 23.8 Å². The van der Waals surface area contributed by atoms with Crippen LogP contribution in [0.2, 0.25) is 5.02 Å². The summed E-state index contributed by atoms with van der Waals surface area (Å²) >= 11 is 6.07. The number of aromatic nitrogens is 2. The summed E-state index contributed by atoms with van der Waals surface area (Å²) in [4.78, 5) is 0.311. The minimum absolute atomic E-state index is 0.203. The predicted molar refractivity (Wildman–Crippen MR) is 120 cm³/mol. The third-order valence-electron chi connectivity index (χ3n) is 5.63. The molecule has 4 rings (SSSR count). The number of halogens is 2. The lowest BCUT2D eigenvalue weighted by Gasteiger charge is -2.27. The van der Waals surface area contributed by atoms with Crippen LogP contribution in [0.4, 0.5) is 4.39 Å². The highest BCUT2D eigenvalue weighted by atomic mass is 35.5. The van der Waals surface area contributed by atoms with E-state index in [4.69, 9.17) is 16.3 Å². The van der Waals surface area contributed by atoms with Gasteiger partial charge in [-0.15, -0.1) is 0 Å². The van der Waals surface area contributed by atoms with Crippen LogP contribution in [0.5, 0.6) is 0 Å². The molecule has 0 saturated carbocycles. The van der Waals surface area contributed by atoms with Crippen LogP contribution in [0.3, 0.4) is 0 Å². The van der Waals surface area contributed by atoms with Gasteiger partial charge in [-0.2, -0.15) is 9.40 Å². The fourth-order valence-corrected chi connectivity index (χ4v) is 5.91. The number of ether oxygens (including phenoxy) is 1. The second-order valence-electron chi connectivity index (χ2n) is 8.14. The lowest BCUT2D eigenvalue weighted by atomic mass is 10.1. The normalized spacial score (nSPS) is 14.5. The molecule has 0 atom stereocenters. The van der Waals surface area contributed by atoms with Gasteiger partial charge >= 0.3 is 0 Å². The Hall–Kier alpha value is -2.26. The van der Waals surface area contributed by atoms with Crippen molar-refractivity contribution < 1.29 is 17.5 Å². The molecular weight excluding hydrogens is 453 g/mol. The second-order valence-corrected chi connectivity index (χ2v) is 10.5. The Morgan fingerprint density at radius 2 is 1.84 bits per heavy atom. The SMILES string of the molecule is Cc1cc(C)cc(S(=O)(=O)N2CCc3c(c(COCc4ccc(F)cc4Cl)nn3C)C2)c1. The maximum absolute atomic E-state index is 13.3. The van der Waals surface area contributed by atoms with Crippen molar-refractivity contribution in [2.45, 2.75) is 44.9 Å². The summed E-state index contributed by atoms with van der Waals surface area (Å²) in [6.07, 6.45) is 0.576. The Bertz CT molecular complexity index is 1250. The molecule has 0 spiro atoms. The summed E-state index contributed by atoms with van der Waals surface area (Å²) < 4.78 is 48.9. The Balaban J connectivity index is 1.53. The molecule has 0 N–H and O–H groups in total. The molecule has 0 amide bonds. The van der Waals surface area contributed by atoms with Crippen LogP contribution >= 0.6 is 11.6 Å². The van der Waals surface area contributed by atoms with Gasteiger partial charge in [-0.3, -0.25) is 4.68 Å². The van der Waals surface area contributed by atoms with E-state index in [1.807, 2.05) is 27.0 Å². The maximum atomic E-state index is 13.3. The molecule has 6 nitrogen and oxygen atoms in total. The van der Waals surface area contributed by atoms with Crippen LogP contribution in [-0.2, 0) is 48.0 Å². The van der Waals surface area contributed by atoms with Gasteiger partial charge in [0.1, 0.15) is 5.82 Å². The Labute approximate surface area is 192 Å². The quantitative estimate of drug-likeness (QED) is 0.531. The first kappa shape index (κ1) is 22.9. The van der Waals surface area contributed by atoms with Crippen LogP contribution in [0.1, 0.15) is 33.6 Å². The van der Waals surface area contributed by atoms with Crippen molar-refractivity contribution in [3.8, 4) is 0 Å². The molecule has 2 aromatic carbocycles. The van der Waals surface area contributed by atoms with E-state index in [0.717, 1.165) is 22.4 Å². The summed E-state index contributed by atoms with van der Waals surface area (Å²) in [7, 11) is -1.77. The van der Waals surface area contributed by atoms with Crippen LogP contribution in [0.25, 0.3) is 0 Å². The third-order valence-corrected chi connectivity index (χ3v) is 7.81.